The van der Waals surface area contributed by atoms with Crippen molar-refractivity contribution in [1.29, 1.82) is 0 Å². The van der Waals surface area contributed by atoms with E-state index in [4.69, 9.17) is 16.3 Å². The molecule has 0 aliphatic rings. The van der Waals surface area contributed by atoms with Crippen molar-refractivity contribution in [2.45, 2.75) is 25.3 Å². The molecule has 9 heteroatoms. The molecule has 0 heterocycles. The first-order valence-electron chi connectivity index (χ1n) is 10.0. The summed E-state index contributed by atoms with van der Waals surface area (Å²) in [5.74, 6) is -1.36. The maximum Gasteiger partial charge on any atom is 0.338 e. The quantitative estimate of drug-likeness (QED) is 0.464. The highest BCUT2D eigenvalue weighted by Gasteiger charge is 2.21. The standard InChI is InChI=1S/C24H23ClN2O5S/c1-16-8-11-21(17(2)12-16)27-23(28)15-32-24(29)19-9-10-20(25)22(13-19)33(30,31)26-14-18-6-4-3-5-7-18/h3-13,26H,14-15H2,1-2H3,(H,27,28). The highest BCUT2D eigenvalue weighted by Crippen LogP contribution is 2.23. The van der Waals surface area contributed by atoms with Crippen LogP contribution in [-0.2, 0) is 26.1 Å². The summed E-state index contributed by atoms with van der Waals surface area (Å²) in [6.07, 6.45) is 0. The van der Waals surface area contributed by atoms with Gasteiger partial charge in [0.25, 0.3) is 5.91 Å². The normalized spacial score (nSPS) is 11.1. The van der Waals surface area contributed by atoms with Gasteiger partial charge in [0.2, 0.25) is 10.0 Å². The molecule has 3 aromatic rings. The molecule has 0 saturated heterocycles. The smallest absolute Gasteiger partial charge is 0.338 e. The second-order valence-electron chi connectivity index (χ2n) is 7.40. The van der Waals surface area contributed by atoms with Crippen molar-refractivity contribution in [1.82, 2.24) is 4.72 Å². The van der Waals surface area contributed by atoms with E-state index in [0.29, 0.717) is 5.69 Å². The van der Waals surface area contributed by atoms with Crippen LogP contribution in [0.4, 0.5) is 5.69 Å². The van der Waals surface area contributed by atoms with E-state index in [0.717, 1.165) is 22.8 Å². The Balaban J connectivity index is 1.65. The molecule has 0 aliphatic heterocycles. The van der Waals surface area contributed by atoms with Crippen molar-refractivity contribution >= 4 is 39.2 Å². The van der Waals surface area contributed by atoms with Crippen molar-refractivity contribution < 1.29 is 22.7 Å². The largest absolute Gasteiger partial charge is 0.452 e. The lowest BCUT2D eigenvalue weighted by atomic mass is 10.1. The lowest BCUT2D eigenvalue weighted by Gasteiger charge is -2.11. The predicted octanol–water partition coefficient (Wildman–Crippen LogP) is 4.23. The van der Waals surface area contributed by atoms with Gasteiger partial charge in [-0.1, -0.05) is 59.6 Å². The summed E-state index contributed by atoms with van der Waals surface area (Å²) in [5.41, 5.74) is 3.28. The number of carbonyl (C=O) groups excluding carboxylic acids is 2. The zero-order valence-electron chi connectivity index (χ0n) is 18.1. The molecule has 3 aromatic carbocycles. The number of aryl methyl sites for hydroxylation is 2. The number of carbonyl (C=O) groups is 2. The van der Waals surface area contributed by atoms with Gasteiger partial charge in [0.15, 0.2) is 6.61 Å². The first-order chi connectivity index (χ1) is 15.7. The second kappa shape index (κ2) is 10.6. The summed E-state index contributed by atoms with van der Waals surface area (Å²) < 4.78 is 32.9. The summed E-state index contributed by atoms with van der Waals surface area (Å²) in [6, 6.07) is 18.3. The molecule has 0 radical (unpaired) electrons. The fourth-order valence-electron chi connectivity index (χ4n) is 3.04. The predicted molar refractivity (Wildman–Crippen MR) is 127 cm³/mol. The zero-order chi connectivity index (χ0) is 24.0. The first kappa shape index (κ1) is 24.4. The number of rotatable bonds is 8. The first-order valence-corrected chi connectivity index (χ1v) is 11.9. The van der Waals surface area contributed by atoms with Crippen molar-refractivity contribution in [2.24, 2.45) is 0 Å². The minimum absolute atomic E-state index is 0.0419. The van der Waals surface area contributed by atoms with Crippen LogP contribution in [0.3, 0.4) is 0 Å². The molecule has 0 spiro atoms. The van der Waals surface area contributed by atoms with Crippen LogP contribution in [0.25, 0.3) is 0 Å². The molecule has 1 amide bonds. The average molecular weight is 487 g/mol. The van der Waals surface area contributed by atoms with E-state index in [1.807, 2.05) is 32.0 Å². The van der Waals surface area contributed by atoms with Gasteiger partial charge in [0.1, 0.15) is 4.90 Å². The molecular weight excluding hydrogens is 464 g/mol. The minimum Gasteiger partial charge on any atom is -0.452 e. The number of anilines is 1. The number of nitrogens with one attached hydrogen (secondary N) is 2. The second-order valence-corrected chi connectivity index (χ2v) is 9.54. The lowest BCUT2D eigenvalue weighted by Crippen LogP contribution is -2.24. The molecule has 2 N–H and O–H groups in total. The van der Waals surface area contributed by atoms with E-state index in [1.54, 1.807) is 30.3 Å². The summed E-state index contributed by atoms with van der Waals surface area (Å²) >= 11 is 6.08. The van der Waals surface area contributed by atoms with Gasteiger partial charge in [0.05, 0.1) is 10.6 Å². The van der Waals surface area contributed by atoms with Crippen LogP contribution >= 0.6 is 11.6 Å². The number of esters is 1. The fraction of sp³-hybridized carbons (Fsp3) is 0.167. The van der Waals surface area contributed by atoms with Crippen molar-refractivity contribution in [3.63, 3.8) is 0 Å². The van der Waals surface area contributed by atoms with E-state index in [2.05, 4.69) is 10.0 Å². The molecule has 0 atom stereocenters. The number of amides is 1. The number of hydrogen-bond donors (Lipinski definition) is 2. The van der Waals surface area contributed by atoms with Crippen molar-refractivity contribution in [3.8, 4) is 0 Å². The Morgan fingerprint density at radius 3 is 2.39 bits per heavy atom. The number of halogens is 1. The van der Waals surface area contributed by atoms with E-state index in [1.165, 1.54) is 12.1 Å². The molecule has 172 valence electrons. The molecule has 0 saturated carbocycles. The molecule has 0 bridgehead atoms. The Labute approximate surface area is 197 Å². The summed E-state index contributed by atoms with van der Waals surface area (Å²) in [6.45, 7) is 3.34. The minimum atomic E-state index is -3.99. The molecular formula is C24H23ClN2O5S. The summed E-state index contributed by atoms with van der Waals surface area (Å²) in [5, 5.41) is 2.64. The van der Waals surface area contributed by atoms with E-state index >= 15 is 0 Å². The number of benzene rings is 3. The molecule has 0 fully saturated rings. The Morgan fingerprint density at radius 2 is 1.70 bits per heavy atom. The van der Waals surface area contributed by atoms with Gasteiger partial charge in [-0.05, 0) is 49.2 Å². The van der Waals surface area contributed by atoms with Crippen LogP contribution in [0, 0.1) is 13.8 Å². The fourth-order valence-corrected chi connectivity index (χ4v) is 4.58. The van der Waals surface area contributed by atoms with E-state index < -0.39 is 28.5 Å². The maximum absolute atomic E-state index is 12.7. The van der Waals surface area contributed by atoms with Crippen LogP contribution in [0.5, 0.6) is 0 Å². The van der Waals surface area contributed by atoms with Crippen LogP contribution in [0.15, 0.2) is 71.6 Å². The van der Waals surface area contributed by atoms with Crippen molar-refractivity contribution in [3.05, 3.63) is 94.0 Å². The third-order valence-corrected chi connectivity index (χ3v) is 6.64. The Kier molecular flexibility index (Phi) is 7.86. The van der Waals surface area contributed by atoms with Crippen LogP contribution in [0.2, 0.25) is 5.02 Å². The molecule has 0 unspecified atom stereocenters. The van der Waals surface area contributed by atoms with E-state index in [9.17, 15) is 18.0 Å². The number of sulfonamides is 1. The Hall–Kier alpha value is -3.20. The number of ether oxygens (including phenoxy) is 1. The Morgan fingerprint density at radius 1 is 0.970 bits per heavy atom. The topological polar surface area (TPSA) is 102 Å². The third kappa shape index (κ3) is 6.64. The third-order valence-electron chi connectivity index (χ3n) is 4.76. The van der Waals surface area contributed by atoms with Gasteiger partial charge in [0, 0.05) is 12.2 Å². The lowest BCUT2D eigenvalue weighted by molar-refractivity contribution is -0.119. The van der Waals surface area contributed by atoms with Gasteiger partial charge in [-0.25, -0.2) is 17.9 Å². The van der Waals surface area contributed by atoms with Gasteiger partial charge < -0.3 is 10.1 Å². The van der Waals surface area contributed by atoms with Gasteiger partial charge >= 0.3 is 5.97 Å². The SMILES string of the molecule is Cc1ccc(NC(=O)COC(=O)c2ccc(Cl)c(S(=O)(=O)NCc3ccccc3)c2)c(C)c1. The van der Waals surface area contributed by atoms with Gasteiger partial charge in [-0.3, -0.25) is 4.79 Å². The maximum atomic E-state index is 12.7. The van der Waals surface area contributed by atoms with Crippen LogP contribution in [0.1, 0.15) is 27.0 Å². The van der Waals surface area contributed by atoms with Gasteiger partial charge in [-0.15, -0.1) is 0 Å². The van der Waals surface area contributed by atoms with Crippen molar-refractivity contribution in [2.75, 3.05) is 11.9 Å². The van der Waals surface area contributed by atoms with Crippen LogP contribution in [-0.4, -0.2) is 26.9 Å². The highest BCUT2D eigenvalue weighted by atomic mass is 35.5. The highest BCUT2D eigenvalue weighted by molar-refractivity contribution is 7.89. The average Bonchev–Trinajstić information content (AvgIpc) is 2.79. The molecule has 0 aromatic heterocycles. The monoisotopic (exact) mass is 486 g/mol. The van der Waals surface area contributed by atoms with Gasteiger partial charge in [-0.2, -0.15) is 0 Å². The Bertz CT molecular complexity index is 1280. The summed E-state index contributed by atoms with van der Waals surface area (Å²) in [4.78, 5) is 24.3. The summed E-state index contributed by atoms with van der Waals surface area (Å²) in [7, 11) is -3.99. The number of hydrogen-bond acceptors (Lipinski definition) is 5. The zero-order valence-corrected chi connectivity index (χ0v) is 19.7. The van der Waals surface area contributed by atoms with Crippen LogP contribution < -0.4 is 10.0 Å². The molecule has 0 aliphatic carbocycles. The molecule has 3 rings (SSSR count). The molecule has 7 nitrogen and oxygen atoms in total. The van der Waals surface area contributed by atoms with E-state index in [-0.39, 0.29) is 22.0 Å². The molecule has 33 heavy (non-hydrogen) atoms.